The maximum Gasteiger partial charge on any atom is 0.320 e. The van der Waals surface area contributed by atoms with Gasteiger partial charge in [0.25, 0.3) is 5.69 Å². The number of carboxylic acid groups (broad SMARTS) is 1. The summed E-state index contributed by atoms with van der Waals surface area (Å²) < 4.78 is 0. The molecule has 1 atom stereocenters. The van der Waals surface area contributed by atoms with Gasteiger partial charge < -0.3 is 22.3 Å². The van der Waals surface area contributed by atoms with E-state index in [-0.39, 0.29) is 5.69 Å². The third-order valence-electron chi connectivity index (χ3n) is 2.39. The van der Waals surface area contributed by atoms with Crippen molar-refractivity contribution in [2.24, 2.45) is 11.5 Å². The van der Waals surface area contributed by atoms with Crippen molar-refractivity contribution in [1.82, 2.24) is 0 Å². The second-order valence-electron chi connectivity index (χ2n) is 4.08. The number of nitrogens with two attached hydrogens (primary N) is 3. The number of nitrogens with zero attached hydrogens (tertiary/aromatic N) is 1. The number of nitro groups is 1. The molecule has 7 N–H and O–H groups in total. The molecule has 112 valence electrons. The first-order valence-electron chi connectivity index (χ1n) is 6.07. The fourth-order valence-corrected chi connectivity index (χ4v) is 1.23. The number of non-ortho nitro benzene ring substituents is 1. The van der Waals surface area contributed by atoms with Crippen molar-refractivity contribution in [2.75, 3.05) is 12.3 Å². The highest BCUT2D eigenvalue weighted by atomic mass is 16.6. The zero-order chi connectivity index (χ0) is 15.5. The van der Waals surface area contributed by atoms with Gasteiger partial charge in [-0.1, -0.05) is 6.42 Å². The molecule has 1 aromatic rings. The maximum absolute atomic E-state index is 10.1. The number of hydrogen-bond acceptors (Lipinski definition) is 6. The van der Waals surface area contributed by atoms with Crippen molar-refractivity contribution in [3.8, 4) is 0 Å². The lowest BCUT2D eigenvalue weighted by Gasteiger charge is -2.03. The average molecular weight is 284 g/mol. The van der Waals surface area contributed by atoms with Crippen molar-refractivity contribution in [2.45, 2.75) is 25.3 Å². The lowest BCUT2D eigenvalue weighted by Crippen LogP contribution is -2.29. The Morgan fingerprint density at radius 1 is 1.30 bits per heavy atom. The summed E-state index contributed by atoms with van der Waals surface area (Å²) in [4.78, 5) is 19.8. The van der Waals surface area contributed by atoms with E-state index in [2.05, 4.69) is 0 Å². The number of carbonyl (C=O) groups is 1. The van der Waals surface area contributed by atoms with Crippen LogP contribution in [0.15, 0.2) is 24.3 Å². The highest BCUT2D eigenvalue weighted by Gasteiger charge is 2.09. The van der Waals surface area contributed by atoms with Crippen LogP contribution in [0.1, 0.15) is 19.3 Å². The van der Waals surface area contributed by atoms with Gasteiger partial charge in [-0.05, 0) is 31.5 Å². The molecule has 0 heterocycles. The van der Waals surface area contributed by atoms with Gasteiger partial charge >= 0.3 is 5.97 Å². The molecule has 0 saturated heterocycles. The number of nitrogen functional groups attached to an aromatic ring is 1. The molecule has 8 nitrogen and oxygen atoms in total. The van der Waals surface area contributed by atoms with Gasteiger partial charge in [0.1, 0.15) is 6.04 Å². The first-order chi connectivity index (χ1) is 9.38. The Bertz CT molecular complexity index is 422. The number of hydrogen-bond donors (Lipinski definition) is 4. The van der Waals surface area contributed by atoms with E-state index in [4.69, 9.17) is 22.3 Å². The second-order valence-corrected chi connectivity index (χ2v) is 4.08. The third-order valence-corrected chi connectivity index (χ3v) is 2.39. The largest absolute Gasteiger partial charge is 0.480 e. The Balaban J connectivity index is 0.000000361. The maximum atomic E-state index is 10.1. The molecular formula is C12H20N4O4. The standard InChI is InChI=1S/C6H6N2O2.C6H14N2O2/c7-5-1-3-6(4-2-5)8(9)10;7-4-2-1-3-5(8)6(9)10/h1-4H,7H2;5H,1-4,7-8H2,(H,9,10). The van der Waals surface area contributed by atoms with Gasteiger partial charge in [-0.15, -0.1) is 0 Å². The van der Waals surface area contributed by atoms with E-state index in [9.17, 15) is 14.9 Å². The van der Waals surface area contributed by atoms with Crippen molar-refractivity contribution in [3.05, 3.63) is 34.4 Å². The average Bonchev–Trinajstić information content (AvgIpc) is 2.40. The quantitative estimate of drug-likeness (QED) is 0.259. The van der Waals surface area contributed by atoms with Crippen molar-refractivity contribution < 1.29 is 14.8 Å². The Labute approximate surface area is 116 Å². The van der Waals surface area contributed by atoms with Gasteiger partial charge in [0.05, 0.1) is 4.92 Å². The van der Waals surface area contributed by atoms with E-state index < -0.39 is 16.9 Å². The van der Waals surface area contributed by atoms with Crippen molar-refractivity contribution in [3.63, 3.8) is 0 Å². The molecular weight excluding hydrogens is 264 g/mol. The first kappa shape index (κ1) is 17.8. The normalized spacial score (nSPS) is 11.1. The van der Waals surface area contributed by atoms with E-state index in [1.807, 2.05) is 0 Å². The molecule has 1 aromatic carbocycles. The van der Waals surface area contributed by atoms with Gasteiger partial charge in [-0.2, -0.15) is 0 Å². The van der Waals surface area contributed by atoms with E-state index >= 15 is 0 Å². The molecule has 8 heteroatoms. The van der Waals surface area contributed by atoms with Crippen LogP contribution in [0.4, 0.5) is 11.4 Å². The lowest BCUT2D eigenvalue weighted by molar-refractivity contribution is -0.384. The molecule has 0 spiro atoms. The van der Waals surface area contributed by atoms with Gasteiger partial charge in [0.15, 0.2) is 0 Å². The van der Waals surface area contributed by atoms with E-state index in [0.717, 1.165) is 12.8 Å². The molecule has 0 bridgehead atoms. The number of carboxylic acids is 1. The van der Waals surface area contributed by atoms with Crippen molar-refractivity contribution >= 4 is 17.3 Å². The summed E-state index contributed by atoms with van der Waals surface area (Å²) in [6.07, 6.45) is 2.16. The Morgan fingerprint density at radius 2 is 1.85 bits per heavy atom. The summed E-state index contributed by atoms with van der Waals surface area (Å²) in [5, 5.41) is 18.4. The fourth-order valence-electron chi connectivity index (χ4n) is 1.23. The van der Waals surface area contributed by atoms with Gasteiger partial charge in [-0.25, -0.2) is 0 Å². The minimum absolute atomic E-state index is 0.0641. The smallest absolute Gasteiger partial charge is 0.320 e. The van der Waals surface area contributed by atoms with Crippen LogP contribution >= 0.6 is 0 Å². The summed E-state index contributed by atoms with van der Waals surface area (Å²) in [5.41, 5.74) is 16.3. The highest BCUT2D eigenvalue weighted by Crippen LogP contribution is 2.12. The molecule has 0 fully saturated rings. The molecule has 20 heavy (non-hydrogen) atoms. The number of nitro benzene ring substituents is 1. The minimum atomic E-state index is -0.933. The van der Waals surface area contributed by atoms with Crippen LogP contribution in [0.25, 0.3) is 0 Å². The number of unbranched alkanes of at least 4 members (excludes halogenated alkanes) is 1. The second kappa shape index (κ2) is 9.70. The topological polar surface area (TPSA) is 158 Å². The molecule has 1 rings (SSSR count). The summed E-state index contributed by atoms with van der Waals surface area (Å²) in [6.45, 7) is 0.604. The third kappa shape index (κ3) is 8.01. The van der Waals surface area contributed by atoms with Crippen LogP contribution in [-0.2, 0) is 4.79 Å². The number of benzene rings is 1. The minimum Gasteiger partial charge on any atom is -0.480 e. The zero-order valence-corrected chi connectivity index (χ0v) is 11.1. The van der Waals surface area contributed by atoms with E-state index in [1.165, 1.54) is 24.3 Å². The van der Waals surface area contributed by atoms with Gasteiger partial charge in [0.2, 0.25) is 0 Å². The van der Waals surface area contributed by atoms with Crippen LogP contribution in [0.3, 0.4) is 0 Å². The predicted molar refractivity (Wildman–Crippen MR) is 76.0 cm³/mol. The first-order valence-corrected chi connectivity index (χ1v) is 6.07. The Hall–Kier alpha value is -2.19. The zero-order valence-electron chi connectivity index (χ0n) is 11.1. The molecule has 0 aromatic heterocycles. The molecule has 0 radical (unpaired) electrons. The Kier molecular flexibility index (Phi) is 8.64. The number of aliphatic carboxylic acids is 1. The highest BCUT2D eigenvalue weighted by molar-refractivity contribution is 5.72. The van der Waals surface area contributed by atoms with Crippen LogP contribution in [0.5, 0.6) is 0 Å². The number of rotatable bonds is 6. The van der Waals surface area contributed by atoms with E-state index in [1.54, 1.807) is 0 Å². The monoisotopic (exact) mass is 284 g/mol. The Morgan fingerprint density at radius 3 is 2.25 bits per heavy atom. The SMILES string of the molecule is NCCCCC(N)C(=O)O.Nc1ccc([N+](=O)[O-])cc1. The molecule has 0 aliphatic carbocycles. The van der Waals surface area contributed by atoms with Gasteiger partial charge in [-0.3, -0.25) is 14.9 Å². The van der Waals surface area contributed by atoms with Crippen molar-refractivity contribution in [1.29, 1.82) is 0 Å². The predicted octanol–water partition coefficient (Wildman–Crippen LogP) is 0.704. The number of anilines is 1. The van der Waals surface area contributed by atoms with Crippen LogP contribution in [0, 0.1) is 10.1 Å². The van der Waals surface area contributed by atoms with Crippen LogP contribution in [0.2, 0.25) is 0 Å². The lowest BCUT2D eigenvalue weighted by atomic mass is 10.1. The summed E-state index contributed by atoms with van der Waals surface area (Å²) >= 11 is 0. The van der Waals surface area contributed by atoms with Crippen LogP contribution < -0.4 is 17.2 Å². The summed E-state index contributed by atoms with van der Waals surface area (Å²) in [5.74, 6) is -0.933. The van der Waals surface area contributed by atoms with E-state index in [0.29, 0.717) is 18.7 Å². The fraction of sp³-hybridized carbons (Fsp3) is 0.417. The summed E-state index contributed by atoms with van der Waals surface area (Å²) in [7, 11) is 0. The molecule has 1 unspecified atom stereocenters. The molecule has 0 amide bonds. The molecule has 0 aliphatic heterocycles. The van der Waals surface area contributed by atoms with Gasteiger partial charge in [0, 0.05) is 17.8 Å². The summed E-state index contributed by atoms with van der Waals surface area (Å²) in [6, 6.07) is 5.02. The molecule has 0 saturated carbocycles. The van der Waals surface area contributed by atoms with Crippen LogP contribution in [-0.4, -0.2) is 28.6 Å². The molecule has 0 aliphatic rings.